The van der Waals surface area contributed by atoms with Crippen LogP contribution in [0.15, 0.2) is 53.2 Å². The van der Waals surface area contributed by atoms with Crippen LogP contribution in [0, 0.1) is 5.82 Å². The molecule has 190 valence electrons. The predicted molar refractivity (Wildman–Crippen MR) is 132 cm³/mol. The number of fused-ring (bicyclic) bond motifs is 1. The van der Waals surface area contributed by atoms with Gasteiger partial charge in [0.15, 0.2) is 5.82 Å². The number of piperidine rings is 1. The van der Waals surface area contributed by atoms with E-state index in [4.69, 9.17) is 4.74 Å². The van der Waals surface area contributed by atoms with E-state index in [1.54, 1.807) is 6.20 Å². The molecule has 2 aromatic heterocycles. The summed E-state index contributed by atoms with van der Waals surface area (Å²) in [7, 11) is 0. The van der Waals surface area contributed by atoms with Gasteiger partial charge in [0.05, 0.1) is 19.8 Å². The second-order valence-electron chi connectivity index (χ2n) is 9.32. The summed E-state index contributed by atoms with van der Waals surface area (Å²) in [4.78, 5) is 11.0. The van der Waals surface area contributed by atoms with Gasteiger partial charge in [-0.05, 0) is 80.4 Å². The van der Waals surface area contributed by atoms with Crippen LogP contribution in [0.1, 0.15) is 43.1 Å². The molecule has 36 heavy (non-hydrogen) atoms. The highest BCUT2D eigenvalue weighted by Gasteiger charge is 2.39. The number of halogens is 3. The van der Waals surface area contributed by atoms with Gasteiger partial charge in [-0.1, -0.05) is 6.42 Å². The van der Waals surface area contributed by atoms with Gasteiger partial charge in [0.25, 0.3) is 0 Å². The van der Waals surface area contributed by atoms with Crippen LogP contribution in [0.3, 0.4) is 0 Å². The van der Waals surface area contributed by atoms with Gasteiger partial charge in [0, 0.05) is 18.3 Å². The Balaban J connectivity index is 1.40. The molecule has 0 amide bonds. The molecular weight excluding hydrogens is 469 g/mol. The lowest BCUT2D eigenvalue weighted by atomic mass is 10.1. The van der Waals surface area contributed by atoms with Crippen molar-refractivity contribution in [3.8, 4) is 0 Å². The predicted octanol–water partition coefficient (Wildman–Crippen LogP) is 4.78. The van der Waals surface area contributed by atoms with E-state index >= 15 is 8.78 Å². The van der Waals surface area contributed by atoms with E-state index in [1.165, 1.54) is 23.8 Å². The van der Waals surface area contributed by atoms with E-state index in [-0.39, 0.29) is 5.82 Å². The Kier molecular flexibility index (Phi) is 7.06. The summed E-state index contributed by atoms with van der Waals surface area (Å²) in [6, 6.07) is 5.91. The summed E-state index contributed by atoms with van der Waals surface area (Å²) < 4.78 is 51.3. The molecule has 0 atom stereocenters. The second-order valence-corrected chi connectivity index (χ2v) is 9.32. The SMILES string of the molecule is CC1=CC(Nc2nc(C(F)(F)c3ccc(F)cc3)nn3cc(COCCN4CCCCC4)cc23)=NC1. The molecule has 0 unspecified atom stereocenters. The van der Waals surface area contributed by atoms with Crippen molar-refractivity contribution in [2.24, 2.45) is 4.99 Å². The molecule has 10 heteroatoms. The van der Waals surface area contributed by atoms with E-state index in [0.717, 1.165) is 55.0 Å². The zero-order valence-electron chi connectivity index (χ0n) is 20.2. The van der Waals surface area contributed by atoms with Gasteiger partial charge >= 0.3 is 5.92 Å². The Hall–Kier alpha value is -3.24. The van der Waals surface area contributed by atoms with Crippen molar-refractivity contribution >= 4 is 17.2 Å². The lowest BCUT2D eigenvalue weighted by Crippen LogP contribution is -2.32. The molecule has 0 radical (unpaired) electrons. The first-order valence-electron chi connectivity index (χ1n) is 12.2. The van der Waals surface area contributed by atoms with E-state index < -0.39 is 23.1 Å². The number of nitrogens with zero attached hydrogens (tertiary/aromatic N) is 5. The van der Waals surface area contributed by atoms with Crippen LogP contribution in [0.4, 0.5) is 19.0 Å². The number of anilines is 1. The molecule has 5 rings (SSSR count). The molecule has 1 N–H and O–H groups in total. The lowest BCUT2D eigenvalue weighted by Gasteiger charge is -2.26. The number of ether oxygens (including phenoxy) is 1. The average molecular weight is 499 g/mol. The largest absolute Gasteiger partial charge is 0.375 e. The van der Waals surface area contributed by atoms with E-state index in [9.17, 15) is 4.39 Å². The summed E-state index contributed by atoms with van der Waals surface area (Å²) in [5.41, 5.74) is 1.99. The zero-order valence-corrected chi connectivity index (χ0v) is 20.2. The Bertz CT molecular complexity index is 1280. The molecule has 0 spiro atoms. The van der Waals surface area contributed by atoms with Gasteiger partial charge < -0.3 is 15.0 Å². The Morgan fingerprint density at radius 1 is 1.11 bits per heavy atom. The molecule has 7 nitrogen and oxygen atoms in total. The first-order valence-corrected chi connectivity index (χ1v) is 12.2. The number of likely N-dealkylation sites (tertiary alicyclic amines) is 1. The molecule has 1 fully saturated rings. The van der Waals surface area contributed by atoms with Crippen molar-refractivity contribution in [1.82, 2.24) is 19.5 Å². The molecule has 3 aromatic rings. The number of hydrogen-bond acceptors (Lipinski definition) is 6. The Labute approximate surface area is 207 Å². The summed E-state index contributed by atoms with van der Waals surface area (Å²) >= 11 is 0. The molecule has 0 saturated carbocycles. The van der Waals surface area contributed by atoms with E-state index in [0.29, 0.717) is 31.1 Å². The molecule has 2 aliphatic heterocycles. The van der Waals surface area contributed by atoms with Crippen LogP contribution in [0.25, 0.3) is 5.52 Å². The van der Waals surface area contributed by atoms with Crippen molar-refractivity contribution in [1.29, 1.82) is 0 Å². The number of rotatable bonds is 8. The number of aliphatic imine (C=N–C) groups is 1. The lowest BCUT2D eigenvalue weighted by molar-refractivity contribution is 0.0315. The van der Waals surface area contributed by atoms with Crippen LogP contribution in [0.2, 0.25) is 0 Å². The number of benzene rings is 1. The monoisotopic (exact) mass is 498 g/mol. The van der Waals surface area contributed by atoms with Gasteiger partial charge in [-0.25, -0.2) is 13.9 Å². The van der Waals surface area contributed by atoms with Crippen molar-refractivity contribution in [2.75, 3.05) is 38.1 Å². The molecule has 1 saturated heterocycles. The first kappa shape index (κ1) is 24.5. The fourth-order valence-electron chi connectivity index (χ4n) is 4.44. The van der Waals surface area contributed by atoms with E-state index in [2.05, 4.69) is 25.3 Å². The first-order chi connectivity index (χ1) is 17.4. The molecule has 1 aromatic carbocycles. The minimum Gasteiger partial charge on any atom is -0.375 e. The normalized spacial score (nSPS) is 16.9. The van der Waals surface area contributed by atoms with Crippen LogP contribution in [0.5, 0.6) is 0 Å². The zero-order chi connectivity index (χ0) is 25.1. The van der Waals surface area contributed by atoms with Crippen molar-refractivity contribution in [3.05, 3.63) is 70.9 Å². The number of hydrogen-bond donors (Lipinski definition) is 1. The number of amidine groups is 1. The van der Waals surface area contributed by atoms with Crippen molar-refractivity contribution in [2.45, 2.75) is 38.7 Å². The third-order valence-corrected chi connectivity index (χ3v) is 6.41. The summed E-state index contributed by atoms with van der Waals surface area (Å²) in [6.07, 6.45) is 7.26. The van der Waals surface area contributed by atoms with Gasteiger partial charge in [-0.15, -0.1) is 5.10 Å². The molecule has 0 bridgehead atoms. The van der Waals surface area contributed by atoms with Gasteiger partial charge in [0.2, 0.25) is 5.82 Å². The maximum atomic E-state index is 15.4. The third kappa shape index (κ3) is 5.44. The maximum absolute atomic E-state index is 15.4. The highest BCUT2D eigenvalue weighted by atomic mass is 19.3. The van der Waals surface area contributed by atoms with Gasteiger partial charge in [-0.2, -0.15) is 8.78 Å². The Morgan fingerprint density at radius 2 is 1.89 bits per heavy atom. The van der Waals surface area contributed by atoms with Gasteiger partial charge in [-0.3, -0.25) is 4.99 Å². The highest BCUT2D eigenvalue weighted by molar-refractivity contribution is 6.06. The van der Waals surface area contributed by atoms with Crippen molar-refractivity contribution < 1.29 is 17.9 Å². The topological polar surface area (TPSA) is 67.1 Å². The van der Waals surface area contributed by atoms with Crippen molar-refractivity contribution in [3.63, 3.8) is 0 Å². The van der Waals surface area contributed by atoms with Crippen LogP contribution >= 0.6 is 0 Å². The average Bonchev–Trinajstić information content (AvgIpc) is 3.48. The minimum absolute atomic E-state index is 0.214. The summed E-state index contributed by atoms with van der Waals surface area (Å²) in [5, 5.41) is 7.19. The fourth-order valence-corrected chi connectivity index (χ4v) is 4.44. The minimum atomic E-state index is -3.53. The summed E-state index contributed by atoms with van der Waals surface area (Å²) in [6.45, 7) is 6.50. The highest BCUT2D eigenvalue weighted by Crippen LogP contribution is 2.34. The number of aromatic nitrogens is 3. The smallest absolute Gasteiger partial charge is 0.333 e. The number of nitrogens with one attached hydrogen (secondary N) is 1. The Morgan fingerprint density at radius 3 is 2.61 bits per heavy atom. The van der Waals surface area contributed by atoms with E-state index in [1.807, 2.05) is 19.1 Å². The second kappa shape index (κ2) is 10.4. The van der Waals surface area contributed by atoms with Crippen LogP contribution < -0.4 is 5.32 Å². The molecular formula is C26H29F3N6O. The molecule has 4 heterocycles. The van der Waals surface area contributed by atoms with Crippen LogP contribution in [-0.2, 0) is 17.3 Å². The fraction of sp³-hybridized carbons (Fsp3) is 0.423. The third-order valence-electron chi connectivity index (χ3n) is 6.41. The standard InChI is InChI=1S/C26H29F3N6O/c1-18-13-23(30-15-18)31-24-22-14-19(17-36-12-11-34-9-3-2-4-10-34)16-35(22)33-25(32-24)26(28,29)20-5-7-21(27)8-6-20/h5-8,13-14,16H,2-4,9-12,15,17H2,1H3,(H,30,31,32,33). The number of alkyl halides is 2. The summed E-state index contributed by atoms with van der Waals surface area (Å²) in [5.74, 6) is -4.06. The molecule has 0 aliphatic carbocycles. The molecule has 2 aliphatic rings. The van der Waals surface area contributed by atoms with Gasteiger partial charge in [0.1, 0.15) is 17.2 Å². The van der Waals surface area contributed by atoms with Crippen LogP contribution in [-0.4, -0.2) is 58.1 Å². The maximum Gasteiger partial charge on any atom is 0.333 e. The quantitative estimate of drug-likeness (QED) is 0.453.